The number of amides is 1. The maximum Gasteiger partial charge on any atom is 0.255 e. The third-order valence-corrected chi connectivity index (χ3v) is 4.83. The van der Waals surface area contributed by atoms with Crippen LogP contribution in [0.1, 0.15) is 10.4 Å². The van der Waals surface area contributed by atoms with Gasteiger partial charge in [-0.1, -0.05) is 23.7 Å². The second-order valence-electron chi connectivity index (χ2n) is 6.50. The number of hydrogen-bond acceptors (Lipinski definition) is 6. The van der Waals surface area contributed by atoms with E-state index in [4.69, 9.17) is 11.6 Å². The molecule has 0 bridgehead atoms. The fourth-order valence-electron chi connectivity index (χ4n) is 3.07. The Hall–Kier alpha value is -3.26. The van der Waals surface area contributed by atoms with Crippen molar-refractivity contribution < 1.29 is 9.18 Å². The Balaban J connectivity index is 1.40. The predicted molar refractivity (Wildman–Crippen MR) is 109 cm³/mol. The highest BCUT2D eigenvalue weighted by atomic mass is 35.5. The molecule has 0 saturated carbocycles. The van der Waals surface area contributed by atoms with Crippen LogP contribution in [0.4, 0.5) is 21.8 Å². The SMILES string of the molecule is O=C(c1ccc(Cl)nc1)N1CCN(c2nccc(Nc3ccccc3F)n2)CC1. The highest BCUT2D eigenvalue weighted by molar-refractivity contribution is 6.29. The number of nitrogens with zero attached hydrogens (tertiary/aromatic N) is 5. The van der Waals surface area contributed by atoms with Gasteiger partial charge in [-0.25, -0.2) is 14.4 Å². The van der Waals surface area contributed by atoms with Gasteiger partial charge in [0.2, 0.25) is 5.95 Å². The van der Waals surface area contributed by atoms with E-state index in [9.17, 15) is 9.18 Å². The molecule has 0 unspecified atom stereocenters. The minimum atomic E-state index is -0.350. The van der Waals surface area contributed by atoms with Crippen molar-refractivity contribution in [2.24, 2.45) is 0 Å². The van der Waals surface area contributed by atoms with E-state index in [1.54, 1.807) is 47.5 Å². The number of carbonyl (C=O) groups excluding carboxylic acids is 1. The number of halogens is 2. The van der Waals surface area contributed by atoms with Crippen molar-refractivity contribution in [3.63, 3.8) is 0 Å². The third-order valence-electron chi connectivity index (χ3n) is 4.60. The molecule has 3 heterocycles. The number of rotatable bonds is 4. The Kier molecular flexibility index (Phi) is 5.53. The Labute approximate surface area is 172 Å². The Morgan fingerprint density at radius 3 is 2.55 bits per heavy atom. The lowest BCUT2D eigenvalue weighted by Gasteiger charge is -2.34. The fourth-order valence-corrected chi connectivity index (χ4v) is 3.18. The normalized spacial score (nSPS) is 14.0. The van der Waals surface area contributed by atoms with Crippen LogP contribution in [0.2, 0.25) is 5.15 Å². The van der Waals surface area contributed by atoms with Gasteiger partial charge in [0.25, 0.3) is 5.91 Å². The van der Waals surface area contributed by atoms with Crippen LogP contribution in [0.15, 0.2) is 54.9 Å². The second-order valence-corrected chi connectivity index (χ2v) is 6.88. The maximum absolute atomic E-state index is 13.8. The van der Waals surface area contributed by atoms with Gasteiger partial charge in [-0.15, -0.1) is 0 Å². The highest BCUT2D eigenvalue weighted by Crippen LogP contribution is 2.20. The summed E-state index contributed by atoms with van der Waals surface area (Å²) in [7, 11) is 0. The number of para-hydroxylation sites is 1. The summed E-state index contributed by atoms with van der Waals surface area (Å²) in [6, 6.07) is 11.4. The van der Waals surface area contributed by atoms with Crippen molar-refractivity contribution in [1.82, 2.24) is 19.9 Å². The summed E-state index contributed by atoms with van der Waals surface area (Å²) in [6.07, 6.45) is 3.11. The molecular formula is C20H18ClFN6O. The predicted octanol–water partition coefficient (Wildman–Crippen LogP) is 3.37. The van der Waals surface area contributed by atoms with E-state index in [-0.39, 0.29) is 11.7 Å². The lowest BCUT2D eigenvalue weighted by Crippen LogP contribution is -2.49. The van der Waals surface area contributed by atoms with Gasteiger partial charge in [-0.05, 0) is 30.3 Å². The fraction of sp³-hybridized carbons (Fsp3) is 0.200. The molecule has 1 aliphatic heterocycles. The average Bonchev–Trinajstić information content (AvgIpc) is 2.76. The average molecular weight is 413 g/mol. The van der Waals surface area contributed by atoms with Gasteiger partial charge < -0.3 is 15.1 Å². The van der Waals surface area contributed by atoms with E-state index in [0.717, 1.165) is 0 Å². The van der Waals surface area contributed by atoms with Gasteiger partial charge in [0, 0.05) is 38.6 Å². The van der Waals surface area contributed by atoms with Crippen LogP contribution in [-0.2, 0) is 0 Å². The van der Waals surface area contributed by atoms with Crippen LogP contribution in [0.25, 0.3) is 0 Å². The first-order valence-electron chi connectivity index (χ1n) is 9.10. The van der Waals surface area contributed by atoms with Crippen molar-refractivity contribution in [3.8, 4) is 0 Å². The number of aromatic nitrogens is 3. The lowest BCUT2D eigenvalue weighted by atomic mass is 10.2. The van der Waals surface area contributed by atoms with Crippen molar-refractivity contribution in [2.45, 2.75) is 0 Å². The Bertz CT molecular complexity index is 1010. The minimum absolute atomic E-state index is 0.0790. The van der Waals surface area contributed by atoms with E-state index in [0.29, 0.717) is 54.3 Å². The third kappa shape index (κ3) is 4.43. The first-order chi connectivity index (χ1) is 14.1. The molecule has 1 aliphatic rings. The number of piperazine rings is 1. The molecule has 1 N–H and O–H groups in total. The number of anilines is 3. The monoisotopic (exact) mass is 412 g/mol. The van der Waals surface area contributed by atoms with Crippen molar-refractivity contribution in [1.29, 1.82) is 0 Å². The van der Waals surface area contributed by atoms with Gasteiger partial charge in [0.1, 0.15) is 16.8 Å². The number of hydrogen-bond donors (Lipinski definition) is 1. The summed E-state index contributed by atoms with van der Waals surface area (Å²) in [5.41, 5.74) is 0.860. The van der Waals surface area contributed by atoms with Crippen LogP contribution >= 0.6 is 11.6 Å². The molecule has 7 nitrogen and oxygen atoms in total. The molecule has 1 fully saturated rings. The Morgan fingerprint density at radius 1 is 1.03 bits per heavy atom. The van der Waals surface area contributed by atoms with Gasteiger partial charge >= 0.3 is 0 Å². The van der Waals surface area contributed by atoms with E-state index >= 15 is 0 Å². The Morgan fingerprint density at radius 2 is 1.83 bits per heavy atom. The molecular weight excluding hydrogens is 395 g/mol. The molecule has 0 aliphatic carbocycles. The first-order valence-corrected chi connectivity index (χ1v) is 9.48. The summed E-state index contributed by atoms with van der Waals surface area (Å²) in [5.74, 6) is 0.610. The quantitative estimate of drug-likeness (QED) is 0.662. The van der Waals surface area contributed by atoms with E-state index in [1.165, 1.54) is 12.3 Å². The molecule has 29 heavy (non-hydrogen) atoms. The summed E-state index contributed by atoms with van der Waals surface area (Å²) in [5, 5.41) is 3.32. The van der Waals surface area contributed by atoms with E-state index < -0.39 is 0 Å². The summed E-state index contributed by atoms with van der Waals surface area (Å²) >= 11 is 5.78. The van der Waals surface area contributed by atoms with Crippen molar-refractivity contribution >= 4 is 35.0 Å². The minimum Gasteiger partial charge on any atom is -0.338 e. The number of benzene rings is 1. The van der Waals surface area contributed by atoms with Crippen molar-refractivity contribution in [3.05, 3.63) is 71.4 Å². The summed E-state index contributed by atoms with van der Waals surface area (Å²) < 4.78 is 13.8. The van der Waals surface area contributed by atoms with Crippen LogP contribution in [0.3, 0.4) is 0 Å². The number of nitrogens with one attached hydrogen (secondary N) is 1. The molecule has 1 amide bonds. The molecule has 0 spiro atoms. The van der Waals surface area contributed by atoms with Crippen LogP contribution in [-0.4, -0.2) is 51.9 Å². The molecule has 9 heteroatoms. The molecule has 0 radical (unpaired) electrons. The maximum atomic E-state index is 13.8. The molecule has 1 aromatic carbocycles. The molecule has 2 aromatic heterocycles. The van der Waals surface area contributed by atoms with Crippen molar-refractivity contribution in [2.75, 3.05) is 36.4 Å². The molecule has 148 valence electrons. The lowest BCUT2D eigenvalue weighted by molar-refractivity contribution is 0.0746. The molecule has 3 aromatic rings. The zero-order chi connectivity index (χ0) is 20.2. The van der Waals surface area contributed by atoms with Gasteiger partial charge in [0.15, 0.2) is 0 Å². The van der Waals surface area contributed by atoms with Gasteiger partial charge in [-0.2, -0.15) is 4.98 Å². The van der Waals surface area contributed by atoms with Crippen LogP contribution in [0, 0.1) is 5.82 Å². The number of pyridine rings is 1. The second kappa shape index (κ2) is 8.40. The van der Waals surface area contributed by atoms with E-state index in [1.807, 2.05) is 4.90 Å². The molecule has 0 atom stereocenters. The van der Waals surface area contributed by atoms with Gasteiger partial charge in [0.05, 0.1) is 11.3 Å². The number of carbonyl (C=O) groups is 1. The highest BCUT2D eigenvalue weighted by Gasteiger charge is 2.24. The standard InChI is InChI=1S/C20H18ClFN6O/c21-17-6-5-14(13-24-17)19(29)27-9-11-28(12-10-27)20-23-8-7-18(26-20)25-16-4-2-1-3-15(16)22/h1-8,13H,9-12H2,(H,23,25,26). The summed E-state index contributed by atoms with van der Waals surface area (Å²) in [4.78, 5) is 29.1. The smallest absolute Gasteiger partial charge is 0.255 e. The molecule has 1 saturated heterocycles. The topological polar surface area (TPSA) is 74.2 Å². The first kappa shape index (κ1) is 19.1. The molecule has 4 rings (SSSR count). The largest absolute Gasteiger partial charge is 0.338 e. The van der Waals surface area contributed by atoms with Crippen LogP contribution in [0.5, 0.6) is 0 Å². The van der Waals surface area contributed by atoms with Gasteiger partial charge in [-0.3, -0.25) is 4.79 Å². The summed E-state index contributed by atoms with van der Waals surface area (Å²) in [6.45, 7) is 2.26. The van der Waals surface area contributed by atoms with Crippen LogP contribution < -0.4 is 10.2 Å². The zero-order valence-corrected chi connectivity index (χ0v) is 16.2. The zero-order valence-electron chi connectivity index (χ0n) is 15.4. The van der Waals surface area contributed by atoms with E-state index in [2.05, 4.69) is 20.3 Å².